The average molecular weight is 272 g/mol. The molecule has 0 heterocycles. The number of benzene rings is 2. The van der Waals surface area contributed by atoms with E-state index in [4.69, 9.17) is 17.0 Å². The van der Waals surface area contributed by atoms with Crippen molar-refractivity contribution in [1.82, 2.24) is 5.32 Å². The van der Waals surface area contributed by atoms with Gasteiger partial charge in [-0.1, -0.05) is 54.1 Å². The first kappa shape index (κ1) is 13.3. The molecule has 0 spiro atoms. The molecule has 0 fully saturated rings. The van der Waals surface area contributed by atoms with Gasteiger partial charge in [-0.15, -0.1) is 0 Å². The Hall–Kier alpha value is -2.13. The third-order valence-corrected chi connectivity index (χ3v) is 2.84. The van der Waals surface area contributed by atoms with E-state index in [0.29, 0.717) is 16.4 Å². The van der Waals surface area contributed by atoms with Crippen molar-refractivity contribution in [1.29, 1.82) is 5.41 Å². The fourth-order valence-corrected chi connectivity index (χ4v) is 1.86. The maximum atomic E-state index is 8.02. The van der Waals surface area contributed by atoms with Crippen LogP contribution in [-0.2, 0) is 0 Å². The molecule has 0 aromatic heterocycles. The van der Waals surface area contributed by atoms with E-state index < -0.39 is 0 Å². The lowest BCUT2D eigenvalue weighted by Gasteiger charge is -2.06. The van der Waals surface area contributed by atoms with E-state index in [1.165, 1.54) is 0 Å². The van der Waals surface area contributed by atoms with Crippen LogP contribution in [0.2, 0.25) is 5.02 Å². The molecule has 2 rings (SSSR count). The van der Waals surface area contributed by atoms with Gasteiger partial charge in [-0.2, -0.15) is 0 Å². The maximum absolute atomic E-state index is 8.02. The predicted octanol–water partition coefficient (Wildman–Crippen LogP) is 3.33. The Kier molecular flexibility index (Phi) is 4.31. The van der Waals surface area contributed by atoms with E-state index in [1.54, 1.807) is 19.2 Å². The number of aliphatic imine (C=N–C) groups is 1. The van der Waals surface area contributed by atoms with E-state index in [2.05, 4.69) is 10.3 Å². The Morgan fingerprint density at radius 3 is 2.37 bits per heavy atom. The summed E-state index contributed by atoms with van der Waals surface area (Å²) < 4.78 is 0. The summed E-state index contributed by atoms with van der Waals surface area (Å²) in [5.41, 5.74) is 1.63. The summed E-state index contributed by atoms with van der Waals surface area (Å²) in [4.78, 5) is 4.31. The normalized spacial score (nSPS) is 11.2. The van der Waals surface area contributed by atoms with Gasteiger partial charge in [-0.3, -0.25) is 5.41 Å². The molecule has 3 nitrogen and oxygen atoms in total. The number of rotatable bonds is 2. The van der Waals surface area contributed by atoms with Crippen LogP contribution in [0.25, 0.3) is 0 Å². The lowest BCUT2D eigenvalue weighted by molar-refractivity contribution is 1.16. The summed E-state index contributed by atoms with van der Waals surface area (Å²) in [7, 11) is 1.79. The van der Waals surface area contributed by atoms with Crippen molar-refractivity contribution in [2.24, 2.45) is 4.99 Å². The van der Waals surface area contributed by atoms with E-state index >= 15 is 0 Å². The van der Waals surface area contributed by atoms with Gasteiger partial charge in [0.25, 0.3) is 0 Å². The summed E-state index contributed by atoms with van der Waals surface area (Å²) in [5.74, 6) is 0.835. The minimum Gasteiger partial charge on any atom is -0.373 e. The molecule has 0 radical (unpaired) electrons. The fraction of sp³-hybridized carbons (Fsp3) is 0.0667. The van der Waals surface area contributed by atoms with Crippen LogP contribution in [0.1, 0.15) is 11.1 Å². The monoisotopic (exact) mass is 271 g/mol. The smallest absolute Gasteiger partial charge is 0.154 e. The topological polar surface area (TPSA) is 48.2 Å². The van der Waals surface area contributed by atoms with Gasteiger partial charge < -0.3 is 5.32 Å². The van der Waals surface area contributed by atoms with Gasteiger partial charge in [0.1, 0.15) is 5.84 Å². The predicted molar refractivity (Wildman–Crippen MR) is 80.3 cm³/mol. The van der Waals surface area contributed by atoms with Crippen LogP contribution in [0.5, 0.6) is 0 Å². The van der Waals surface area contributed by atoms with E-state index in [1.807, 2.05) is 42.5 Å². The highest BCUT2D eigenvalue weighted by Crippen LogP contribution is 2.12. The molecular weight excluding hydrogens is 258 g/mol. The number of nitrogens with one attached hydrogen (secondary N) is 2. The Morgan fingerprint density at radius 2 is 1.74 bits per heavy atom. The molecule has 0 saturated carbocycles. The molecule has 2 aromatic carbocycles. The SMILES string of the molecule is CN/C(=N\C(=N)c1cccc(Cl)c1)c1ccccc1. The van der Waals surface area contributed by atoms with Gasteiger partial charge >= 0.3 is 0 Å². The second-order valence-corrected chi connectivity index (χ2v) is 4.37. The van der Waals surface area contributed by atoms with Crippen LogP contribution < -0.4 is 5.32 Å². The van der Waals surface area contributed by atoms with Crippen LogP contribution in [0.4, 0.5) is 0 Å². The summed E-state index contributed by atoms with van der Waals surface area (Å²) in [6, 6.07) is 16.8. The van der Waals surface area contributed by atoms with Gasteiger partial charge in [0.15, 0.2) is 5.84 Å². The Balaban J connectivity index is 2.31. The van der Waals surface area contributed by atoms with Crippen molar-refractivity contribution < 1.29 is 0 Å². The van der Waals surface area contributed by atoms with Crippen molar-refractivity contribution in [3.8, 4) is 0 Å². The van der Waals surface area contributed by atoms with Gasteiger partial charge in [-0.05, 0) is 12.1 Å². The van der Waals surface area contributed by atoms with Crippen LogP contribution in [-0.4, -0.2) is 18.7 Å². The van der Waals surface area contributed by atoms with Gasteiger partial charge in [0, 0.05) is 23.2 Å². The van der Waals surface area contributed by atoms with Gasteiger partial charge in [0.2, 0.25) is 0 Å². The Labute approximate surface area is 117 Å². The minimum absolute atomic E-state index is 0.177. The highest BCUT2D eigenvalue weighted by Gasteiger charge is 2.04. The molecule has 0 unspecified atom stereocenters. The van der Waals surface area contributed by atoms with Crippen LogP contribution in [0, 0.1) is 5.41 Å². The van der Waals surface area contributed by atoms with Crippen LogP contribution >= 0.6 is 11.6 Å². The second-order valence-electron chi connectivity index (χ2n) is 3.94. The van der Waals surface area contributed by atoms with E-state index in [9.17, 15) is 0 Å². The molecule has 0 amide bonds. The zero-order valence-corrected chi connectivity index (χ0v) is 11.3. The summed E-state index contributed by atoms with van der Waals surface area (Å²) in [5, 5.41) is 11.6. The van der Waals surface area contributed by atoms with Gasteiger partial charge in [-0.25, -0.2) is 4.99 Å². The first-order chi connectivity index (χ1) is 9.20. The highest BCUT2D eigenvalue weighted by atomic mass is 35.5. The highest BCUT2D eigenvalue weighted by molar-refractivity contribution is 6.31. The molecule has 0 aliphatic carbocycles. The zero-order valence-electron chi connectivity index (χ0n) is 10.5. The molecule has 2 aromatic rings. The first-order valence-electron chi connectivity index (χ1n) is 5.87. The maximum Gasteiger partial charge on any atom is 0.154 e. The summed E-state index contributed by atoms with van der Waals surface area (Å²) in [6.45, 7) is 0. The van der Waals surface area contributed by atoms with E-state index in [0.717, 1.165) is 5.56 Å². The Morgan fingerprint density at radius 1 is 1.05 bits per heavy atom. The minimum atomic E-state index is 0.177. The Bertz CT molecular complexity index is 606. The molecule has 0 aliphatic heterocycles. The van der Waals surface area contributed by atoms with Crippen LogP contribution in [0.3, 0.4) is 0 Å². The molecule has 0 saturated heterocycles. The number of halogens is 1. The number of nitrogens with zero attached hydrogens (tertiary/aromatic N) is 1. The van der Waals surface area contributed by atoms with Crippen molar-refractivity contribution >= 4 is 23.3 Å². The third kappa shape index (κ3) is 3.42. The molecule has 4 heteroatoms. The van der Waals surface area contributed by atoms with Crippen molar-refractivity contribution in [2.45, 2.75) is 0 Å². The summed E-state index contributed by atoms with van der Waals surface area (Å²) >= 11 is 5.92. The second kappa shape index (κ2) is 6.16. The molecule has 19 heavy (non-hydrogen) atoms. The van der Waals surface area contributed by atoms with Crippen molar-refractivity contribution in [3.63, 3.8) is 0 Å². The van der Waals surface area contributed by atoms with E-state index in [-0.39, 0.29) is 5.84 Å². The molecule has 2 N–H and O–H groups in total. The fourth-order valence-electron chi connectivity index (χ4n) is 1.67. The van der Waals surface area contributed by atoms with Crippen LogP contribution in [0.15, 0.2) is 59.6 Å². The average Bonchev–Trinajstić information content (AvgIpc) is 2.45. The van der Waals surface area contributed by atoms with Crippen molar-refractivity contribution in [2.75, 3.05) is 7.05 Å². The van der Waals surface area contributed by atoms with Crippen molar-refractivity contribution in [3.05, 3.63) is 70.7 Å². The lowest BCUT2D eigenvalue weighted by Crippen LogP contribution is -2.21. The molecular formula is C15H14ClN3. The first-order valence-corrected chi connectivity index (χ1v) is 6.25. The lowest BCUT2D eigenvalue weighted by atomic mass is 10.2. The van der Waals surface area contributed by atoms with Gasteiger partial charge in [0.05, 0.1) is 0 Å². The number of amidine groups is 2. The zero-order chi connectivity index (χ0) is 13.7. The number of hydrogen-bond acceptors (Lipinski definition) is 1. The largest absolute Gasteiger partial charge is 0.373 e. The standard InChI is InChI=1S/C15H14ClN3/c1-18-15(11-6-3-2-4-7-11)19-14(17)12-8-5-9-13(16)10-12/h2-10H,1H3,(H2,17,18,19). The summed E-state index contributed by atoms with van der Waals surface area (Å²) in [6.07, 6.45) is 0. The molecule has 96 valence electrons. The quantitative estimate of drug-likeness (QED) is 0.639. The molecule has 0 bridgehead atoms. The molecule has 0 aliphatic rings. The third-order valence-electron chi connectivity index (χ3n) is 2.61. The number of hydrogen-bond donors (Lipinski definition) is 2. The molecule has 0 atom stereocenters.